The molecule has 1 unspecified atom stereocenters. The third-order valence-electron chi connectivity index (χ3n) is 2.67. The second-order valence-electron chi connectivity index (χ2n) is 4.04. The Bertz CT molecular complexity index is 524. The Labute approximate surface area is 116 Å². The molecule has 1 heterocycles. The summed E-state index contributed by atoms with van der Waals surface area (Å²) in [6, 6.07) is 6.53. The highest BCUT2D eigenvalue weighted by Crippen LogP contribution is 2.15. The summed E-state index contributed by atoms with van der Waals surface area (Å²) in [5, 5.41) is 6.23. The first-order chi connectivity index (χ1) is 9.19. The van der Waals surface area contributed by atoms with Gasteiger partial charge >= 0.3 is 6.03 Å². The first-order valence-corrected chi connectivity index (χ1v) is 6.39. The second kappa shape index (κ2) is 6.24. The number of benzene rings is 1. The molecule has 0 aliphatic heterocycles. The quantitative estimate of drug-likeness (QED) is 0.803. The summed E-state index contributed by atoms with van der Waals surface area (Å²) in [6.07, 6.45) is 4.15. The highest BCUT2D eigenvalue weighted by Gasteiger charge is 2.14. The van der Waals surface area contributed by atoms with E-state index in [1.165, 1.54) is 0 Å². The van der Waals surface area contributed by atoms with Gasteiger partial charge in [-0.25, -0.2) is 9.78 Å². The van der Waals surface area contributed by atoms with Crippen LogP contribution in [0.2, 0.25) is 5.02 Å². The van der Waals surface area contributed by atoms with Gasteiger partial charge in [-0.15, -0.1) is 0 Å². The summed E-state index contributed by atoms with van der Waals surface area (Å²) < 4.78 is 0. The van der Waals surface area contributed by atoms with Crippen molar-refractivity contribution < 1.29 is 4.79 Å². The van der Waals surface area contributed by atoms with Crippen LogP contribution >= 0.6 is 11.6 Å². The lowest BCUT2D eigenvalue weighted by Gasteiger charge is -2.15. The van der Waals surface area contributed by atoms with Crippen LogP contribution in [-0.2, 0) is 0 Å². The Morgan fingerprint density at radius 2 is 2.16 bits per heavy atom. The molecule has 100 valence electrons. The van der Waals surface area contributed by atoms with E-state index in [0.717, 1.165) is 12.2 Å². The molecular formula is C13H15ClN4O. The van der Waals surface area contributed by atoms with Crippen LogP contribution in [0, 0.1) is 0 Å². The number of hydrogen-bond donors (Lipinski definition) is 3. The van der Waals surface area contributed by atoms with Gasteiger partial charge in [0.15, 0.2) is 0 Å². The molecule has 0 aliphatic rings. The zero-order valence-electron chi connectivity index (χ0n) is 10.5. The second-order valence-corrected chi connectivity index (χ2v) is 4.48. The number of nitrogens with one attached hydrogen (secondary N) is 3. The summed E-state index contributed by atoms with van der Waals surface area (Å²) >= 11 is 5.78. The molecule has 3 N–H and O–H groups in total. The van der Waals surface area contributed by atoms with E-state index in [4.69, 9.17) is 11.6 Å². The molecule has 1 aromatic carbocycles. The van der Waals surface area contributed by atoms with Crippen molar-refractivity contribution in [3.05, 3.63) is 47.5 Å². The van der Waals surface area contributed by atoms with Crippen LogP contribution < -0.4 is 10.6 Å². The van der Waals surface area contributed by atoms with Crippen molar-refractivity contribution in [3.8, 4) is 0 Å². The van der Waals surface area contributed by atoms with Gasteiger partial charge in [-0.1, -0.05) is 18.5 Å². The van der Waals surface area contributed by atoms with Crippen molar-refractivity contribution in [1.82, 2.24) is 15.3 Å². The van der Waals surface area contributed by atoms with Gasteiger partial charge in [0.25, 0.3) is 0 Å². The first-order valence-electron chi connectivity index (χ1n) is 6.01. The predicted molar refractivity (Wildman–Crippen MR) is 75.2 cm³/mol. The largest absolute Gasteiger partial charge is 0.347 e. The normalized spacial score (nSPS) is 11.9. The molecule has 0 fully saturated rings. The molecule has 6 heteroatoms. The maximum atomic E-state index is 11.9. The Balaban J connectivity index is 1.95. The summed E-state index contributed by atoms with van der Waals surface area (Å²) in [5.74, 6) is 0.744. The molecule has 0 aliphatic carbocycles. The predicted octanol–water partition coefficient (Wildman–Crippen LogP) is 3.34. The summed E-state index contributed by atoms with van der Waals surface area (Å²) in [7, 11) is 0. The number of nitrogens with zero attached hydrogens (tertiary/aromatic N) is 1. The van der Waals surface area contributed by atoms with E-state index in [1.807, 2.05) is 6.92 Å². The monoisotopic (exact) mass is 278 g/mol. The lowest BCUT2D eigenvalue weighted by Crippen LogP contribution is -2.32. The van der Waals surface area contributed by atoms with Crippen molar-refractivity contribution in [2.24, 2.45) is 0 Å². The van der Waals surface area contributed by atoms with Gasteiger partial charge in [-0.05, 0) is 30.7 Å². The minimum atomic E-state index is -0.273. The van der Waals surface area contributed by atoms with Crippen LogP contribution in [0.3, 0.4) is 0 Å². The fourth-order valence-corrected chi connectivity index (χ4v) is 1.82. The van der Waals surface area contributed by atoms with Gasteiger partial charge in [-0.2, -0.15) is 0 Å². The van der Waals surface area contributed by atoms with Crippen molar-refractivity contribution in [2.75, 3.05) is 5.32 Å². The van der Waals surface area contributed by atoms with E-state index in [1.54, 1.807) is 36.7 Å². The van der Waals surface area contributed by atoms with Crippen LogP contribution in [-0.4, -0.2) is 16.0 Å². The number of hydrogen-bond acceptors (Lipinski definition) is 2. The summed E-state index contributed by atoms with van der Waals surface area (Å²) in [6.45, 7) is 1.98. The van der Waals surface area contributed by atoms with E-state index in [2.05, 4.69) is 20.6 Å². The Kier molecular flexibility index (Phi) is 4.41. The number of rotatable bonds is 4. The Morgan fingerprint density at radius 1 is 1.42 bits per heavy atom. The van der Waals surface area contributed by atoms with Crippen LogP contribution in [0.5, 0.6) is 0 Å². The average molecular weight is 279 g/mol. The summed E-state index contributed by atoms with van der Waals surface area (Å²) in [4.78, 5) is 19.0. The van der Waals surface area contributed by atoms with Crippen LogP contribution in [0.25, 0.3) is 0 Å². The van der Waals surface area contributed by atoms with Crippen molar-refractivity contribution >= 4 is 23.3 Å². The van der Waals surface area contributed by atoms with Gasteiger partial charge in [0.2, 0.25) is 0 Å². The lowest BCUT2D eigenvalue weighted by atomic mass is 10.2. The van der Waals surface area contributed by atoms with E-state index in [-0.39, 0.29) is 12.1 Å². The fraction of sp³-hybridized carbons (Fsp3) is 0.231. The third-order valence-corrected chi connectivity index (χ3v) is 2.92. The Morgan fingerprint density at radius 3 is 2.74 bits per heavy atom. The van der Waals surface area contributed by atoms with E-state index < -0.39 is 0 Å². The number of anilines is 1. The third kappa shape index (κ3) is 3.72. The molecule has 2 rings (SSSR count). The number of amides is 2. The van der Waals surface area contributed by atoms with Crippen molar-refractivity contribution in [2.45, 2.75) is 19.4 Å². The smallest absolute Gasteiger partial charge is 0.319 e. The zero-order chi connectivity index (χ0) is 13.7. The fourth-order valence-electron chi connectivity index (χ4n) is 1.69. The van der Waals surface area contributed by atoms with Gasteiger partial charge in [0.1, 0.15) is 5.82 Å². The number of imidazole rings is 1. The minimum absolute atomic E-state index is 0.137. The number of aromatic amines is 1. The maximum absolute atomic E-state index is 11.9. The molecule has 19 heavy (non-hydrogen) atoms. The van der Waals surface area contributed by atoms with Crippen LogP contribution in [0.4, 0.5) is 10.5 Å². The average Bonchev–Trinajstić information content (AvgIpc) is 2.92. The number of halogens is 1. The van der Waals surface area contributed by atoms with E-state index in [9.17, 15) is 4.79 Å². The molecule has 2 amide bonds. The molecule has 1 aromatic heterocycles. The standard InChI is InChI=1S/C13H15ClN4O/c1-2-11(12-15-7-8-16-12)18-13(19)17-10-5-3-9(14)4-6-10/h3-8,11H,2H2,1H3,(H,15,16)(H2,17,18,19). The van der Waals surface area contributed by atoms with Crippen LogP contribution in [0.15, 0.2) is 36.7 Å². The van der Waals surface area contributed by atoms with Gasteiger partial charge in [0, 0.05) is 23.1 Å². The lowest BCUT2D eigenvalue weighted by molar-refractivity contribution is 0.247. The number of urea groups is 1. The van der Waals surface area contributed by atoms with Crippen molar-refractivity contribution in [3.63, 3.8) is 0 Å². The number of carbonyl (C=O) groups excluding carboxylic acids is 1. The summed E-state index contributed by atoms with van der Waals surface area (Å²) in [5.41, 5.74) is 0.691. The molecule has 0 saturated carbocycles. The van der Waals surface area contributed by atoms with E-state index >= 15 is 0 Å². The topological polar surface area (TPSA) is 69.8 Å². The highest BCUT2D eigenvalue weighted by atomic mass is 35.5. The highest BCUT2D eigenvalue weighted by molar-refractivity contribution is 6.30. The molecule has 0 saturated heterocycles. The SMILES string of the molecule is CCC(NC(=O)Nc1ccc(Cl)cc1)c1ncc[nH]1. The molecule has 5 nitrogen and oxygen atoms in total. The number of carbonyl (C=O) groups is 1. The van der Waals surface area contributed by atoms with Crippen molar-refractivity contribution in [1.29, 1.82) is 0 Å². The Hall–Kier alpha value is -2.01. The van der Waals surface area contributed by atoms with Gasteiger partial charge < -0.3 is 15.6 Å². The molecule has 2 aromatic rings. The zero-order valence-corrected chi connectivity index (χ0v) is 11.2. The molecule has 0 spiro atoms. The minimum Gasteiger partial charge on any atom is -0.347 e. The molecule has 0 radical (unpaired) electrons. The molecular weight excluding hydrogens is 264 g/mol. The number of H-pyrrole nitrogens is 1. The van der Waals surface area contributed by atoms with E-state index in [0.29, 0.717) is 10.7 Å². The molecule has 0 bridgehead atoms. The van der Waals surface area contributed by atoms with Gasteiger partial charge in [0.05, 0.1) is 6.04 Å². The molecule has 1 atom stereocenters. The number of aromatic nitrogens is 2. The maximum Gasteiger partial charge on any atom is 0.319 e. The first kappa shape index (κ1) is 13.4. The van der Waals surface area contributed by atoms with Crippen LogP contribution in [0.1, 0.15) is 25.2 Å². The van der Waals surface area contributed by atoms with Gasteiger partial charge in [-0.3, -0.25) is 0 Å².